The molecule has 0 atom stereocenters. The highest BCUT2D eigenvalue weighted by Gasteiger charge is 2.33. The summed E-state index contributed by atoms with van der Waals surface area (Å²) in [5, 5.41) is 13.1. The number of aliphatic imine (C=N–C) groups is 1. The van der Waals surface area contributed by atoms with Crippen molar-refractivity contribution in [1.82, 2.24) is 19.4 Å². The molecule has 1 aromatic rings. The summed E-state index contributed by atoms with van der Waals surface area (Å²) in [5.41, 5.74) is 8.27. The van der Waals surface area contributed by atoms with Crippen LogP contribution in [0.25, 0.3) is 0 Å². The fourth-order valence-electron chi connectivity index (χ4n) is 5.45. The molecule has 0 bridgehead atoms. The van der Waals surface area contributed by atoms with Crippen LogP contribution in [0.15, 0.2) is 52.8 Å². The Morgan fingerprint density at radius 2 is 1.76 bits per heavy atom. The summed E-state index contributed by atoms with van der Waals surface area (Å²) in [6, 6.07) is 10.7. The Labute approximate surface area is 245 Å². The number of piperidine rings is 2. The minimum Gasteiger partial charge on any atom is -0.390 e. The Morgan fingerprint density at radius 3 is 2.24 bits per heavy atom. The lowest BCUT2D eigenvalue weighted by atomic mass is 9.87. The number of sulfonamides is 1. The number of benzene rings is 1. The second-order valence-electron chi connectivity index (χ2n) is 12.0. The number of amides is 1. The lowest BCUT2D eigenvalue weighted by molar-refractivity contribution is -0.128. The smallest absolute Gasteiger partial charge is 0.273 e. The highest BCUT2D eigenvalue weighted by Crippen LogP contribution is 2.26. The molecule has 0 aliphatic carbocycles. The molecule has 0 spiro atoms. The Bertz CT molecular complexity index is 1290. The lowest BCUT2D eigenvalue weighted by Crippen LogP contribution is -2.52. The summed E-state index contributed by atoms with van der Waals surface area (Å²) in [4.78, 5) is 21.7. The quantitative estimate of drug-likeness (QED) is 0.150. The van der Waals surface area contributed by atoms with Gasteiger partial charge in [0.05, 0.1) is 12.6 Å². The van der Waals surface area contributed by atoms with Gasteiger partial charge in [0.1, 0.15) is 17.3 Å². The molecule has 0 radical (unpaired) electrons. The van der Waals surface area contributed by atoms with Crippen molar-refractivity contribution < 1.29 is 13.2 Å². The van der Waals surface area contributed by atoms with Gasteiger partial charge in [-0.25, -0.2) is 17.7 Å². The molecule has 0 aromatic heterocycles. The summed E-state index contributed by atoms with van der Waals surface area (Å²) < 4.78 is 25.3. The highest BCUT2D eigenvalue weighted by molar-refractivity contribution is 7.88. The number of allylic oxidation sites excluding steroid dienone is 1. The van der Waals surface area contributed by atoms with Crippen LogP contribution < -0.4 is 11.1 Å². The zero-order valence-electron chi connectivity index (χ0n) is 25.1. The third-order valence-corrected chi connectivity index (χ3v) is 9.53. The van der Waals surface area contributed by atoms with Crippen molar-refractivity contribution in [2.75, 3.05) is 39.5 Å². The summed E-state index contributed by atoms with van der Waals surface area (Å²) in [7, 11) is -1.55. The van der Waals surface area contributed by atoms with Gasteiger partial charge in [-0.05, 0) is 55.3 Å². The van der Waals surface area contributed by atoms with Gasteiger partial charge in [0.25, 0.3) is 5.91 Å². The van der Waals surface area contributed by atoms with E-state index in [0.717, 1.165) is 50.7 Å². The number of nitrogens with two attached hydrogens (primary N) is 1. The molecule has 3 N–H and O–H groups in total. The SMILES string of the molecule is C=C(NCc1ccc(C(C)(C)C)cc1)/C(C#N)=C(\N=C/N)C(=O)N1CCC(N2CCC(N(C)S(C)(=O)=O)CC2)CC1. The summed E-state index contributed by atoms with van der Waals surface area (Å²) in [6.07, 6.45) is 5.46. The Morgan fingerprint density at radius 1 is 1.17 bits per heavy atom. The van der Waals surface area contributed by atoms with E-state index in [1.807, 2.05) is 12.1 Å². The standard InChI is InChI=1S/C30H45N7O3S/c1-22(33-20-23-7-9-24(10-8-23)30(2,3)4)27(19-31)28(34-21-32)29(38)37-17-13-26(14-18-37)36-15-11-25(12-16-36)35(5)41(6,39)40/h7-10,21,25-26,33H,1,11-18,20H2,2-6H3,(H2,32,34)/b28-27-. The van der Waals surface area contributed by atoms with Crippen molar-refractivity contribution in [1.29, 1.82) is 5.26 Å². The van der Waals surface area contributed by atoms with Crippen molar-refractivity contribution >= 4 is 22.3 Å². The normalized spacial score (nSPS) is 18.8. The van der Waals surface area contributed by atoms with Crippen LogP contribution in [0.5, 0.6) is 0 Å². The number of carbonyl (C=O) groups is 1. The van der Waals surface area contributed by atoms with E-state index >= 15 is 0 Å². The summed E-state index contributed by atoms with van der Waals surface area (Å²) in [5.74, 6) is -0.340. The summed E-state index contributed by atoms with van der Waals surface area (Å²) in [6.45, 7) is 13.7. The van der Waals surface area contributed by atoms with Crippen molar-refractivity contribution in [2.45, 2.75) is 70.5 Å². The molecule has 10 nitrogen and oxygen atoms in total. The van der Waals surface area contributed by atoms with Gasteiger partial charge in [0.2, 0.25) is 10.0 Å². The first-order valence-electron chi connectivity index (χ1n) is 14.1. The second kappa shape index (κ2) is 13.6. The number of rotatable bonds is 9. The molecule has 2 saturated heterocycles. The largest absolute Gasteiger partial charge is 0.390 e. The molecule has 2 heterocycles. The molecule has 2 aliphatic heterocycles. The first-order chi connectivity index (χ1) is 19.3. The van der Waals surface area contributed by atoms with Crippen LogP contribution in [0.3, 0.4) is 0 Å². The number of nitriles is 1. The molecule has 11 heteroatoms. The molecular formula is C30H45N7O3S. The molecule has 1 aromatic carbocycles. The summed E-state index contributed by atoms with van der Waals surface area (Å²) >= 11 is 0. The van der Waals surface area contributed by atoms with Gasteiger partial charge in [-0.15, -0.1) is 0 Å². The highest BCUT2D eigenvalue weighted by atomic mass is 32.2. The second-order valence-corrected chi connectivity index (χ2v) is 14.0. The van der Waals surface area contributed by atoms with Crippen LogP contribution in [0.4, 0.5) is 0 Å². The van der Waals surface area contributed by atoms with Crippen molar-refractivity contribution in [2.24, 2.45) is 10.7 Å². The number of nitrogens with zero attached hydrogens (tertiary/aromatic N) is 5. The van der Waals surface area contributed by atoms with Crippen molar-refractivity contribution in [3.05, 3.63) is 58.9 Å². The van der Waals surface area contributed by atoms with E-state index in [1.54, 1.807) is 11.9 Å². The average Bonchev–Trinajstić information content (AvgIpc) is 2.94. The number of hydrogen-bond donors (Lipinski definition) is 2. The minimum absolute atomic E-state index is 0.0151. The number of nitrogens with one attached hydrogen (secondary N) is 1. The molecule has 1 amide bonds. The molecule has 0 unspecified atom stereocenters. The Kier molecular flexibility index (Phi) is 10.8. The van der Waals surface area contributed by atoms with E-state index in [1.165, 1.54) is 16.1 Å². The van der Waals surface area contributed by atoms with Gasteiger partial charge in [-0.2, -0.15) is 5.26 Å². The fourth-order valence-corrected chi connectivity index (χ4v) is 6.21. The minimum atomic E-state index is -3.20. The number of likely N-dealkylation sites (tertiary alicyclic amines) is 2. The van der Waals surface area contributed by atoms with E-state index in [4.69, 9.17) is 5.73 Å². The lowest BCUT2D eigenvalue weighted by Gasteiger charge is -2.43. The maximum absolute atomic E-state index is 13.5. The molecule has 2 fully saturated rings. The molecule has 0 saturated carbocycles. The van der Waals surface area contributed by atoms with E-state index < -0.39 is 10.0 Å². The topological polar surface area (TPSA) is 135 Å². The van der Waals surface area contributed by atoms with E-state index in [2.05, 4.69) is 60.8 Å². The van der Waals surface area contributed by atoms with Gasteiger partial charge in [0.15, 0.2) is 0 Å². The predicted molar refractivity (Wildman–Crippen MR) is 163 cm³/mol. The van der Waals surface area contributed by atoms with Crippen LogP contribution in [0.1, 0.15) is 57.6 Å². The zero-order valence-corrected chi connectivity index (χ0v) is 25.9. The fraction of sp³-hybridized carbons (Fsp3) is 0.567. The predicted octanol–water partition coefficient (Wildman–Crippen LogP) is 2.70. The first-order valence-corrected chi connectivity index (χ1v) is 16.0. The number of hydrogen-bond acceptors (Lipinski definition) is 7. The van der Waals surface area contributed by atoms with Crippen LogP contribution in [0, 0.1) is 11.3 Å². The maximum Gasteiger partial charge on any atom is 0.273 e. The third kappa shape index (κ3) is 8.41. The third-order valence-electron chi connectivity index (χ3n) is 8.19. The first kappa shape index (κ1) is 32.3. The van der Waals surface area contributed by atoms with Crippen molar-refractivity contribution in [3.8, 4) is 6.07 Å². The molecule has 2 aliphatic rings. The van der Waals surface area contributed by atoms with Crippen LogP contribution in [0.2, 0.25) is 0 Å². The van der Waals surface area contributed by atoms with Crippen molar-refractivity contribution in [3.63, 3.8) is 0 Å². The van der Waals surface area contributed by atoms with E-state index in [-0.39, 0.29) is 28.6 Å². The Hall–Kier alpha value is -3.20. The Balaban J connectivity index is 1.60. The van der Waals surface area contributed by atoms with E-state index in [0.29, 0.717) is 31.4 Å². The van der Waals surface area contributed by atoms with Crippen LogP contribution in [-0.2, 0) is 26.8 Å². The molecule has 224 valence electrons. The van der Waals surface area contributed by atoms with E-state index in [9.17, 15) is 18.5 Å². The molecule has 41 heavy (non-hydrogen) atoms. The van der Waals surface area contributed by atoms with Gasteiger partial charge < -0.3 is 20.9 Å². The maximum atomic E-state index is 13.5. The van der Waals surface area contributed by atoms with Gasteiger partial charge in [0, 0.05) is 44.5 Å². The number of carbonyl (C=O) groups excluding carboxylic acids is 1. The zero-order chi connectivity index (χ0) is 30.4. The monoisotopic (exact) mass is 583 g/mol. The van der Waals surface area contributed by atoms with Crippen LogP contribution in [-0.4, -0.2) is 86.3 Å². The molecule has 3 rings (SSSR count). The van der Waals surface area contributed by atoms with Crippen LogP contribution >= 0.6 is 0 Å². The van der Waals surface area contributed by atoms with Gasteiger partial charge in [-0.3, -0.25) is 4.79 Å². The molecular weight excluding hydrogens is 538 g/mol. The van der Waals surface area contributed by atoms with Gasteiger partial charge >= 0.3 is 0 Å². The average molecular weight is 584 g/mol. The van der Waals surface area contributed by atoms with Gasteiger partial charge in [-0.1, -0.05) is 51.6 Å².